The number of carbonyl (C=O) groups is 1. The molecule has 1 unspecified atom stereocenters. The van der Waals surface area contributed by atoms with Crippen molar-refractivity contribution in [3.63, 3.8) is 0 Å². The van der Waals surface area contributed by atoms with Crippen LogP contribution in [0.25, 0.3) is 32.8 Å². The van der Waals surface area contributed by atoms with Crippen LogP contribution in [-0.4, -0.2) is 89.6 Å². The van der Waals surface area contributed by atoms with Crippen molar-refractivity contribution in [2.24, 2.45) is 5.73 Å². The number of halogens is 3. The number of phenols is 1. The zero-order valence-corrected chi connectivity index (χ0v) is 25.9. The highest BCUT2D eigenvalue weighted by Gasteiger charge is 2.49. The number of alkyl halides is 1. The van der Waals surface area contributed by atoms with E-state index in [2.05, 4.69) is 15.2 Å². The van der Waals surface area contributed by atoms with Crippen molar-refractivity contribution >= 4 is 33.4 Å². The first-order valence-electron chi connectivity index (χ1n) is 16.0. The van der Waals surface area contributed by atoms with Crippen molar-refractivity contribution in [3.8, 4) is 28.6 Å². The Kier molecular flexibility index (Phi) is 7.10. The standard InChI is InChI=1S/C34H35F3N6O4/c1-46-30-26(31(38)45)25(22-11-21(44)10-17-4-2-5-23(36)24(17)22)28(37)29-27(30)32(42-14-19-6-7-20(15-42)39-19)41-33(40-29)47-16-34-8-3-9-43(34)13-18(35)12-34/h2,4-5,10-11,18-20,39,44H,3,6-9,12-16H2,1H3,(H2,38,45)/t18-,19-,20?,34+/m1/s1. The fourth-order valence-electron chi connectivity index (χ4n) is 8.43. The maximum atomic E-state index is 17.3. The van der Waals surface area contributed by atoms with Crippen LogP contribution in [0.2, 0.25) is 0 Å². The molecule has 5 heterocycles. The van der Waals surface area contributed by atoms with Gasteiger partial charge in [0.1, 0.15) is 41.4 Å². The fraction of sp³-hybridized carbons (Fsp3) is 0.441. The molecule has 4 aromatic rings. The van der Waals surface area contributed by atoms with Crippen LogP contribution in [0.1, 0.15) is 42.5 Å². The summed E-state index contributed by atoms with van der Waals surface area (Å²) in [6, 6.07) is 7.06. The highest BCUT2D eigenvalue weighted by atomic mass is 19.1. The summed E-state index contributed by atoms with van der Waals surface area (Å²) in [5, 5.41) is 14.6. The van der Waals surface area contributed by atoms with Crippen molar-refractivity contribution in [2.45, 2.75) is 55.9 Å². The first kappa shape index (κ1) is 30.0. The van der Waals surface area contributed by atoms with E-state index in [0.29, 0.717) is 37.3 Å². The Bertz CT molecular complexity index is 1930. The van der Waals surface area contributed by atoms with Gasteiger partial charge in [0.15, 0.2) is 5.82 Å². The number of aromatic nitrogens is 2. The fourth-order valence-corrected chi connectivity index (χ4v) is 8.43. The van der Waals surface area contributed by atoms with E-state index >= 15 is 8.78 Å². The van der Waals surface area contributed by atoms with Crippen molar-refractivity contribution in [3.05, 3.63) is 47.5 Å². The Hall–Kier alpha value is -4.36. The summed E-state index contributed by atoms with van der Waals surface area (Å²) < 4.78 is 59.3. The van der Waals surface area contributed by atoms with E-state index in [9.17, 15) is 14.3 Å². The van der Waals surface area contributed by atoms with E-state index in [-0.39, 0.29) is 69.2 Å². The van der Waals surface area contributed by atoms with Gasteiger partial charge in [0.2, 0.25) is 0 Å². The van der Waals surface area contributed by atoms with Crippen LogP contribution in [0, 0.1) is 11.6 Å². The zero-order chi connectivity index (χ0) is 32.6. The zero-order valence-electron chi connectivity index (χ0n) is 25.9. The molecule has 1 aromatic heterocycles. The topological polar surface area (TPSA) is 126 Å². The van der Waals surface area contributed by atoms with Crippen LogP contribution in [-0.2, 0) is 0 Å². The third kappa shape index (κ3) is 4.81. The summed E-state index contributed by atoms with van der Waals surface area (Å²) in [7, 11) is 1.33. The van der Waals surface area contributed by atoms with Crippen LogP contribution in [0.3, 0.4) is 0 Å². The van der Waals surface area contributed by atoms with E-state index < -0.39 is 29.3 Å². The number of benzene rings is 3. The summed E-state index contributed by atoms with van der Waals surface area (Å²) in [6.45, 7) is 2.36. The minimum atomic E-state index is -1.01. The predicted octanol–water partition coefficient (Wildman–Crippen LogP) is 4.44. The van der Waals surface area contributed by atoms with Crippen molar-refractivity contribution in [1.29, 1.82) is 0 Å². The molecule has 10 nitrogen and oxygen atoms in total. The average molecular weight is 649 g/mol. The molecule has 0 saturated carbocycles. The summed E-state index contributed by atoms with van der Waals surface area (Å²) in [4.78, 5) is 26.7. The van der Waals surface area contributed by atoms with E-state index in [1.54, 1.807) is 6.07 Å². The molecule has 246 valence electrons. The molecule has 47 heavy (non-hydrogen) atoms. The van der Waals surface area contributed by atoms with Gasteiger partial charge in [0, 0.05) is 54.7 Å². The molecule has 0 spiro atoms. The summed E-state index contributed by atoms with van der Waals surface area (Å²) in [6.07, 6.45) is 2.99. The number of carbonyl (C=O) groups excluding carboxylic acids is 1. The predicted molar refractivity (Wildman–Crippen MR) is 170 cm³/mol. The van der Waals surface area contributed by atoms with Gasteiger partial charge >= 0.3 is 6.01 Å². The molecule has 4 aliphatic rings. The number of rotatable bonds is 7. The van der Waals surface area contributed by atoms with E-state index in [1.807, 2.05) is 4.90 Å². The molecule has 0 radical (unpaired) electrons. The van der Waals surface area contributed by atoms with Gasteiger partial charge in [-0.05, 0) is 55.8 Å². The number of amides is 1. The second kappa shape index (κ2) is 11.1. The number of hydrogen-bond acceptors (Lipinski definition) is 9. The lowest BCUT2D eigenvalue weighted by molar-refractivity contribution is 0.0998. The smallest absolute Gasteiger partial charge is 0.319 e. The van der Waals surface area contributed by atoms with E-state index in [4.69, 9.17) is 20.2 Å². The number of nitrogens with two attached hydrogens (primary N) is 1. The molecule has 3 aromatic carbocycles. The maximum absolute atomic E-state index is 17.3. The van der Waals surface area contributed by atoms with Crippen LogP contribution < -0.4 is 25.4 Å². The van der Waals surface area contributed by atoms with Crippen molar-refractivity contribution in [1.82, 2.24) is 20.2 Å². The molecule has 0 aliphatic carbocycles. The van der Waals surface area contributed by atoms with Gasteiger partial charge in [-0.3, -0.25) is 9.69 Å². The first-order valence-corrected chi connectivity index (χ1v) is 16.0. The van der Waals surface area contributed by atoms with E-state index in [1.165, 1.54) is 31.4 Å². The van der Waals surface area contributed by atoms with Gasteiger partial charge in [-0.1, -0.05) is 12.1 Å². The molecule has 1 amide bonds. The number of fused-ring (bicyclic) bond motifs is 5. The lowest BCUT2D eigenvalue weighted by atomic mass is 9.90. The Morgan fingerprint density at radius 3 is 2.68 bits per heavy atom. The SMILES string of the molecule is COc1c(C(N)=O)c(-c2cc(O)cc3cccc(F)c23)c(F)c2nc(OC[C@@]34CCCN3C[C@H](F)C4)nc(N3CC4CC[C@H](C3)N4)c12. The van der Waals surface area contributed by atoms with Gasteiger partial charge in [-0.25, -0.2) is 13.2 Å². The first-order chi connectivity index (χ1) is 22.7. The molecule has 8 rings (SSSR count). The number of ether oxygens (including phenoxy) is 2. The van der Waals surface area contributed by atoms with Gasteiger partial charge in [-0.15, -0.1) is 0 Å². The van der Waals surface area contributed by atoms with Crippen molar-refractivity contribution in [2.75, 3.05) is 44.8 Å². The van der Waals surface area contributed by atoms with Crippen molar-refractivity contribution < 1.29 is 32.5 Å². The number of aromatic hydroxyl groups is 1. The number of piperazine rings is 1. The highest BCUT2D eigenvalue weighted by molar-refractivity contribution is 6.14. The van der Waals surface area contributed by atoms with Crippen LogP contribution in [0.4, 0.5) is 19.0 Å². The largest absolute Gasteiger partial charge is 0.508 e. The van der Waals surface area contributed by atoms with Crippen LogP contribution in [0.5, 0.6) is 17.5 Å². The molecular formula is C34H35F3N6O4. The Morgan fingerprint density at radius 1 is 1.15 bits per heavy atom. The summed E-state index contributed by atoms with van der Waals surface area (Å²) in [5.41, 5.74) is 4.44. The number of primary amides is 1. The molecule has 4 fully saturated rings. The Morgan fingerprint density at radius 2 is 1.94 bits per heavy atom. The Balaban J connectivity index is 1.37. The normalized spacial score (nSPS) is 25.5. The monoisotopic (exact) mass is 648 g/mol. The van der Waals surface area contributed by atoms with Gasteiger partial charge in [0.05, 0.1) is 23.6 Å². The second-order valence-electron chi connectivity index (χ2n) is 13.3. The number of hydrogen-bond donors (Lipinski definition) is 3. The minimum absolute atomic E-state index is 0.0139. The summed E-state index contributed by atoms with van der Waals surface area (Å²) >= 11 is 0. The maximum Gasteiger partial charge on any atom is 0.319 e. The number of nitrogens with one attached hydrogen (secondary N) is 1. The molecule has 4 aliphatic heterocycles. The molecule has 4 saturated heterocycles. The number of anilines is 1. The van der Waals surface area contributed by atoms with Crippen LogP contribution in [0.15, 0.2) is 30.3 Å². The second-order valence-corrected chi connectivity index (χ2v) is 13.3. The Labute approximate surface area is 268 Å². The van der Waals surface area contributed by atoms with Gasteiger partial charge in [0.25, 0.3) is 5.91 Å². The molecule has 4 atom stereocenters. The third-order valence-electron chi connectivity index (χ3n) is 10.4. The highest BCUT2D eigenvalue weighted by Crippen LogP contribution is 2.47. The number of methoxy groups -OCH3 is 1. The lowest BCUT2D eigenvalue weighted by Crippen LogP contribution is -2.51. The van der Waals surface area contributed by atoms with E-state index in [0.717, 1.165) is 32.2 Å². The average Bonchev–Trinajstić information content (AvgIpc) is 3.69. The van der Waals surface area contributed by atoms with Crippen LogP contribution >= 0.6 is 0 Å². The van der Waals surface area contributed by atoms with Gasteiger partial charge < -0.3 is 30.5 Å². The summed E-state index contributed by atoms with van der Waals surface area (Å²) in [5.74, 6) is -2.69. The quantitative estimate of drug-likeness (QED) is 0.267. The molecule has 2 bridgehead atoms. The molecule has 4 N–H and O–H groups in total. The van der Waals surface area contributed by atoms with Gasteiger partial charge in [-0.2, -0.15) is 9.97 Å². The number of nitrogens with zero attached hydrogens (tertiary/aromatic N) is 4. The third-order valence-corrected chi connectivity index (χ3v) is 10.4. The number of phenolic OH excluding ortho intramolecular Hbond substituents is 1. The lowest BCUT2D eigenvalue weighted by Gasteiger charge is -2.35. The minimum Gasteiger partial charge on any atom is -0.508 e. The molecular weight excluding hydrogens is 613 g/mol. The molecule has 13 heteroatoms.